The molecule has 4 heterocycles. The molecular weight excluding hydrogens is 759 g/mol. The third-order valence-electron chi connectivity index (χ3n) is 12.7. The fraction of sp³-hybridized carbons (Fsp3) is 0.396. The number of pyridine rings is 2. The number of rotatable bonds is 17. The Labute approximate surface area is 350 Å². The summed E-state index contributed by atoms with van der Waals surface area (Å²) in [6.45, 7) is 2.33. The summed E-state index contributed by atoms with van der Waals surface area (Å²) in [6.07, 6.45) is 17.7. The number of carboxylic acids is 3. The Balaban J connectivity index is 0.000000402. The number of nitrogens with zero attached hydrogens (tertiary/aromatic N) is 3. The number of nitrogens with one attached hydrogen (secondary N) is 2. The third kappa shape index (κ3) is 9.61. The molecular formula is C48H57N5O7. The van der Waals surface area contributed by atoms with Gasteiger partial charge in [0.1, 0.15) is 0 Å². The minimum absolute atomic E-state index is 0.148. The van der Waals surface area contributed by atoms with Crippen LogP contribution in [-0.4, -0.2) is 88.4 Å². The van der Waals surface area contributed by atoms with Crippen molar-refractivity contribution in [2.45, 2.75) is 107 Å². The Morgan fingerprint density at radius 3 is 1.48 bits per heavy atom. The van der Waals surface area contributed by atoms with E-state index in [1.807, 2.05) is 24.8 Å². The Kier molecular flexibility index (Phi) is 13.9. The lowest BCUT2D eigenvalue weighted by molar-refractivity contribution is -0.170. The van der Waals surface area contributed by atoms with Crippen LogP contribution in [0, 0.1) is 0 Å². The van der Waals surface area contributed by atoms with Gasteiger partial charge in [0.15, 0.2) is 5.60 Å². The number of benzene rings is 2. The number of hydrogen-bond donors (Lipinski definition) is 6. The van der Waals surface area contributed by atoms with Crippen molar-refractivity contribution in [1.82, 2.24) is 24.8 Å². The molecule has 60 heavy (non-hydrogen) atoms. The summed E-state index contributed by atoms with van der Waals surface area (Å²) >= 11 is 0. The minimum Gasteiger partial charge on any atom is -0.481 e. The Morgan fingerprint density at radius 2 is 1.10 bits per heavy atom. The molecule has 6 aromatic rings. The van der Waals surface area contributed by atoms with E-state index in [1.165, 1.54) is 87.6 Å². The van der Waals surface area contributed by atoms with Crippen LogP contribution in [0.4, 0.5) is 0 Å². The van der Waals surface area contributed by atoms with Gasteiger partial charge >= 0.3 is 17.9 Å². The number of para-hydroxylation sites is 2. The molecule has 0 atom stereocenters. The van der Waals surface area contributed by atoms with Crippen LogP contribution in [0.25, 0.3) is 21.8 Å². The highest BCUT2D eigenvalue weighted by atomic mass is 16.4. The summed E-state index contributed by atoms with van der Waals surface area (Å²) in [5, 5.41) is 36.5. The van der Waals surface area contributed by atoms with E-state index in [0.29, 0.717) is 0 Å². The zero-order valence-corrected chi connectivity index (χ0v) is 34.8. The first-order valence-corrected chi connectivity index (χ1v) is 20.9. The molecule has 12 nitrogen and oxygen atoms in total. The van der Waals surface area contributed by atoms with Gasteiger partial charge in [-0.15, -0.1) is 0 Å². The van der Waals surface area contributed by atoms with Gasteiger partial charge in [0.05, 0.1) is 18.3 Å². The van der Waals surface area contributed by atoms with E-state index in [9.17, 15) is 14.4 Å². The first-order valence-electron chi connectivity index (χ1n) is 20.9. The molecule has 0 amide bonds. The number of aryl methyl sites for hydroxylation is 4. The lowest BCUT2D eigenvalue weighted by atomic mass is 9.61. The molecule has 12 heteroatoms. The van der Waals surface area contributed by atoms with Gasteiger partial charge in [-0.1, -0.05) is 56.2 Å². The molecule has 7 rings (SSSR count). The lowest BCUT2D eigenvalue weighted by Crippen LogP contribution is -2.51. The second-order valence-corrected chi connectivity index (χ2v) is 16.5. The van der Waals surface area contributed by atoms with Gasteiger partial charge < -0.3 is 35.3 Å². The number of aliphatic hydroxyl groups is 1. The van der Waals surface area contributed by atoms with Gasteiger partial charge in [0, 0.05) is 63.5 Å². The van der Waals surface area contributed by atoms with Crippen LogP contribution in [0.15, 0.2) is 97.6 Å². The largest absolute Gasteiger partial charge is 0.481 e. The Bertz CT molecular complexity index is 2240. The molecule has 0 bridgehead atoms. The molecule has 1 aliphatic carbocycles. The highest BCUT2D eigenvalue weighted by Crippen LogP contribution is 2.53. The maximum atomic E-state index is 10.3. The summed E-state index contributed by atoms with van der Waals surface area (Å²) in [7, 11) is 4.63. The van der Waals surface area contributed by atoms with Gasteiger partial charge in [0.2, 0.25) is 0 Å². The monoisotopic (exact) mass is 815 g/mol. The quantitative estimate of drug-likeness (QED) is 0.0524. The van der Waals surface area contributed by atoms with E-state index in [2.05, 4.69) is 119 Å². The molecule has 2 aromatic carbocycles. The van der Waals surface area contributed by atoms with E-state index in [1.54, 1.807) is 0 Å². The Morgan fingerprint density at radius 1 is 0.667 bits per heavy atom. The fourth-order valence-electron chi connectivity index (χ4n) is 9.28. The summed E-state index contributed by atoms with van der Waals surface area (Å²) in [6, 6.07) is 26.6. The number of H-pyrrole nitrogens is 2. The van der Waals surface area contributed by atoms with Crippen molar-refractivity contribution in [3.8, 4) is 0 Å². The molecule has 316 valence electrons. The van der Waals surface area contributed by atoms with Gasteiger partial charge in [-0.3, -0.25) is 19.6 Å². The first kappa shape index (κ1) is 43.7. The van der Waals surface area contributed by atoms with Crippen LogP contribution >= 0.6 is 0 Å². The molecule has 1 saturated carbocycles. The molecule has 0 saturated heterocycles. The van der Waals surface area contributed by atoms with E-state index in [4.69, 9.17) is 20.4 Å². The van der Waals surface area contributed by atoms with Gasteiger partial charge in [0.25, 0.3) is 0 Å². The van der Waals surface area contributed by atoms with E-state index in [0.717, 1.165) is 38.5 Å². The summed E-state index contributed by atoms with van der Waals surface area (Å²) in [5.41, 5.74) is 8.30. The molecule has 4 aromatic heterocycles. The SMILES string of the molecule is CCCCC1(N(C)C)CCC(c2[nH]c3ccccc3c2CCc2ccncc2)(c2[nH]c3ccccc3c2CCc2ccncc2)CC1.O=C(O)CC(O)(CC(=O)O)C(=O)O. The summed E-state index contributed by atoms with van der Waals surface area (Å²) in [4.78, 5) is 49.8. The van der Waals surface area contributed by atoms with E-state index in [-0.39, 0.29) is 11.0 Å². The van der Waals surface area contributed by atoms with Crippen LogP contribution in [0.3, 0.4) is 0 Å². The maximum Gasteiger partial charge on any atom is 0.336 e. The Hall–Kier alpha value is -5.85. The highest BCUT2D eigenvalue weighted by molar-refractivity contribution is 5.89. The van der Waals surface area contributed by atoms with Crippen LogP contribution < -0.4 is 0 Å². The highest BCUT2D eigenvalue weighted by Gasteiger charge is 2.49. The minimum atomic E-state index is -2.74. The van der Waals surface area contributed by atoms with Crippen molar-refractivity contribution in [3.05, 3.63) is 131 Å². The van der Waals surface area contributed by atoms with Crippen molar-refractivity contribution in [2.75, 3.05) is 14.1 Å². The van der Waals surface area contributed by atoms with Crippen molar-refractivity contribution in [2.24, 2.45) is 0 Å². The number of carbonyl (C=O) groups is 3. The molecule has 0 radical (unpaired) electrons. The number of hydrogen-bond acceptors (Lipinski definition) is 7. The summed E-state index contributed by atoms with van der Waals surface area (Å²) in [5.74, 6) is -5.02. The van der Waals surface area contributed by atoms with Crippen LogP contribution in [0.2, 0.25) is 0 Å². The van der Waals surface area contributed by atoms with Crippen molar-refractivity contribution < 1.29 is 34.8 Å². The van der Waals surface area contributed by atoms with Crippen LogP contribution in [0.1, 0.15) is 98.4 Å². The molecule has 6 N–H and O–H groups in total. The maximum absolute atomic E-state index is 10.3. The van der Waals surface area contributed by atoms with E-state index < -0.39 is 36.4 Å². The number of aliphatic carboxylic acids is 3. The number of carboxylic acid groups (broad SMARTS) is 3. The van der Waals surface area contributed by atoms with Gasteiger partial charge in [-0.2, -0.15) is 0 Å². The number of aromatic nitrogens is 4. The topological polar surface area (TPSA) is 193 Å². The normalized spacial score (nSPS) is 14.8. The smallest absolute Gasteiger partial charge is 0.336 e. The van der Waals surface area contributed by atoms with Crippen molar-refractivity contribution in [3.63, 3.8) is 0 Å². The number of unbranched alkanes of at least 4 members (excludes halogenated alkanes) is 1. The summed E-state index contributed by atoms with van der Waals surface area (Å²) < 4.78 is 0. The second-order valence-electron chi connectivity index (χ2n) is 16.5. The third-order valence-corrected chi connectivity index (χ3v) is 12.7. The predicted molar refractivity (Wildman–Crippen MR) is 232 cm³/mol. The van der Waals surface area contributed by atoms with Gasteiger partial charge in [-0.25, -0.2) is 4.79 Å². The zero-order chi connectivity index (χ0) is 42.9. The molecule has 1 aliphatic rings. The van der Waals surface area contributed by atoms with E-state index >= 15 is 0 Å². The number of aromatic amines is 2. The predicted octanol–water partition coefficient (Wildman–Crippen LogP) is 8.11. The molecule has 0 spiro atoms. The molecule has 1 fully saturated rings. The molecule has 0 aliphatic heterocycles. The molecule has 0 unspecified atom stereocenters. The van der Waals surface area contributed by atoms with Crippen molar-refractivity contribution >= 4 is 39.7 Å². The number of fused-ring (bicyclic) bond motifs is 2. The fourth-order valence-corrected chi connectivity index (χ4v) is 9.28. The standard InChI is InChI=1S/C42H49N5.C6H8O7/c1-4-5-22-41(47(2)3)23-25-42(26-24-41,39-35(16-14-31-18-27-43-28-19-31)33-10-6-8-12-37(33)45-39)40-36(17-15-32-20-29-44-30-21-32)34-11-7-9-13-38(34)46-40;7-3(8)1-6(13,5(11)12)2-4(9)10/h6-13,18-21,27-30,45-46H,4-5,14-17,22-26H2,1-3H3;13H,1-2H2,(H,7,8)(H,9,10)(H,11,12). The first-order chi connectivity index (χ1) is 28.8. The van der Waals surface area contributed by atoms with Crippen LogP contribution in [0.5, 0.6) is 0 Å². The average Bonchev–Trinajstić information content (AvgIpc) is 3.81. The average molecular weight is 816 g/mol. The van der Waals surface area contributed by atoms with Crippen LogP contribution in [-0.2, 0) is 45.5 Å². The second kappa shape index (κ2) is 19.0. The van der Waals surface area contributed by atoms with Crippen molar-refractivity contribution in [1.29, 1.82) is 0 Å². The lowest BCUT2D eigenvalue weighted by Gasteiger charge is -2.50. The zero-order valence-electron chi connectivity index (χ0n) is 34.8. The van der Waals surface area contributed by atoms with Gasteiger partial charge in [-0.05, 0) is 131 Å².